The maximum atomic E-state index is 2.44. The molecule has 0 N–H and O–H groups in total. The van der Waals surface area contributed by atoms with Gasteiger partial charge in [-0.1, -0.05) is 71.1 Å². The van der Waals surface area contributed by atoms with E-state index in [9.17, 15) is 0 Å². The van der Waals surface area contributed by atoms with E-state index in [1.165, 1.54) is 125 Å². The first-order valence-corrected chi connectivity index (χ1v) is 12.9. The molecule has 0 aliphatic heterocycles. The Balaban J connectivity index is 3.67. The molecule has 0 unspecified atom stereocenters. The van der Waals surface area contributed by atoms with E-state index in [0.29, 0.717) is 0 Å². The van der Waals surface area contributed by atoms with Crippen molar-refractivity contribution in [2.24, 2.45) is 0 Å². The average molecular weight is 415 g/mol. The highest BCUT2D eigenvalue weighted by Gasteiger charge is 2.23. The lowest BCUT2D eigenvalue weighted by Gasteiger charge is -2.36. The molecule has 0 aromatic heterocycles. The summed E-state index contributed by atoms with van der Waals surface area (Å²) in [7, 11) is 16.6. The third kappa shape index (κ3) is 20.9. The van der Waals surface area contributed by atoms with Gasteiger partial charge in [-0.3, -0.25) is 0 Å². The maximum absolute atomic E-state index is 2.44. The maximum Gasteiger partial charge on any atom is 0.128 e. The second kappa shape index (κ2) is 15.6. The molecule has 0 aliphatic rings. The molecule has 0 radical (unpaired) electrons. The molecular formula is C26H60N3+3. The first-order chi connectivity index (χ1) is 13.5. The number of hydrogen-bond acceptors (Lipinski definition) is 0. The first kappa shape index (κ1) is 28.9. The van der Waals surface area contributed by atoms with Crippen LogP contribution in [-0.4, -0.2) is 95.5 Å². The van der Waals surface area contributed by atoms with E-state index in [0.717, 1.165) is 4.48 Å². The van der Waals surface area contributed by atoms with Crippen molar-refractivity contribution in [3.63, 3.8) is 0 Å². The van der Waals surface area contributed by atoms with E-state index in [4.69, 9.17) is 0 Å². The summed E-state index contributed by atoms with van der Waals surface area (Å²) in [6.45, 7) is 8.82. The van der Waals surface area contributed by atoms with E-state index in [-0.39, 0.29) is 0 Å². The number of unbranched alkanes of at least 4 members (excludes halogenated alkanes) is 11. The fourth-order valence-corrected chi connectivity index (χ4v) is 4.12. The molecule has 0 bridgehead atoms. The zero-order chi connectivity index (χ0) is 22.2. The van der Waals surface area contributed by atoms with Gasteiger partial charge >= 0.3 is 0 Å². The van der Waals surface area contributed by atoms with Gasteiger partial charge in [0, 0.05) is 6.42 Å². The van der Waals surface area contributed by atoms with Crippen LogP contribution in [0.3, 0.4) is 0 Å². The highest BCUT2D eigenvalue weighted by molar-refractivity contribution is 4.49. The van der Waals surface area contributed by atoms with Crippen molar-refractivity contribution in [3.05, 3.63) is 0 Å². The van der Waals surface area contributed by atoms with Crippen LogP contribution < -0.4 is 0 Å². The minimum atomic E-state index is 1.08. The predicted molar refractivity (Wildman–Crippen MR) is 132 cm³/mol. The van der Waals surface area contributed by atoms with Crippen LogP contribution in [0.15, 0.2) is 0 Å². The number of quaternary nitrogens is 3. The molecule has 3 nitrogen and oxygen atoms in total. The van der Waals surface area contributed by atoms with E-state index in [2.05, 4.69) is 56.3 Å². The molecule has 176 valence electrons. The summed E-state index contributed by atoms with van der Waals surface area (Å²) >= 11 is 0. The summed E-state index contributed by atoms with van der Waals surface area (Å²) in [5, 5.41) is 0. The predicted octanol–water partition coefficient (Wildman–Crippen LogP) is 5.94. The molecule has 0 fully saturated rings. The van der Waals surface area contributed by atoms with Crippen LogP contribution in [0.25, 0.3) is 0 Å². The summed E-state index contributed by atoms with van der Waals surface area (Å²) in [4.78, 5) is 0. The van der Waals surface area contributed by atoms with E-state index in [1.807, 2.05) is 0 Å². The Morgan fingerprint density at radius 1 is 0.345 bits per heavy atom. The third-order valence-electron chi connectivity index (χ3n) is 6.52. The van der Waals surface area contributed by atoms with Crippen molar-refractivity contribution in [2.45, 2.75) is 90.4 Å². The summed E-state index contributed by atoms with van der Waals surface area (Å²) in [6, 6.07) is 0. The molecule has 3 heteroatoms. The Hall–Kier alpha value is -0.120. The quantitative estimate of drug-likeness (QED) is 0.171. The Bertz CT molecular complexity index is 369. The van der Waals surface area contributed by atoms with Crippen LogP contribution >= 0.6 is 0 Å². The monoisotopic (exact) mass is 414 g/mol. The highest BCUT2D eigenvalue weighted by Crippen LogP contribution is 2.13. The molecule has 29 heavy (non-hydrogen) atoms. The normalized spacial score (nSPS) is 13.2. The molecular weight excluding hydrogens is 354 g/mol. The molecule has 0 saturated carbocycles. The Kier molecular flexibility index (Phi) is 15.6. The van der Waals surface area contributed by atoms with Crippen molar-refractivity contribution in [3.8, 4) is 0 Å². The molecule has 0 aromatic carbocycles. The standard InChI is InChI=1S/C26H60N3/c1-9-10-11-12-13-14-15-16-17-18-19-20-23-28(5,6)25-26-29(7,8)24-21-22-27(2,3)4/h9-26H2,1-8H3/q+3. The van der Waals surface area contributed by atoms with Gasteiger partial charge in [-0.2, -0.15) is 0 Å². The Labute approximate surface area is 186 Å². The second-order valence-electron chi connectivity index (χ2n) is 12.0. The summed E-state index contributed by atoms with van der Waals surface area (Å²) in [6.07, 6.45) is 18.6. The topological polar surface area (TPSA) is 0 Å². The average Bonchev–Trinajstić information content (AvgIpc) is 2.60. The van der Waals surface area contributed by atoms with Gasteiger partial charge in [0.05, 0.1) is 69.0 Å². The molecule has 0 saturated heterocycles. The van der Waals surface area contributed by atoms with Gasteiger partial charge in [0.1, 0.15) is 13.1 Å². The zero-order valence-corrected chi connectivity index (χ0v) is 22.1. The Morgan fingerprint density at radius 2 is 0.690 bits per heavy atom. The smallest absolute Gasteiger partial charge is 0.128 e. The molecule has 0 atom stereocenters. The highest BCUT2D eigenvalue weighted by atomic mass is 15.4. The van der Waals surface area contributed by atoms with Crippen LogP contribution in [0.5, 0.6) is 0 Å². The van der Waals surface area contributed by atoms with Crippen LogP contribution in [0.4, 0.5) is 0 Å². The SMILES string of the molecule is CCCCCCCCCCCCCC[N+](C)(C)CC[N+](C)(C)CCC[N+](C)(C)C. The number of hydrogen-bond donors (Lipinski definition) is 0. The summed E-state index contributed by atoms with van der Waals surface area (Å²) < 4.78 is 3.44. The van der Waals surface area contributed by atoms with Gasteiger partial charge in [0.25, 0.3) is 0 Å². The molecule has 0 rings (SSSR count). The fourth-order valence-electron chi connectivity index (χ4n) is 4.12. The molecule has 0 spiro atoms. The number of rotatable bonds is 20. The van der Waals surface area contributed by atoms with Gasteiger partial charge in [0.15, 0.2) is 0 Å². The minimum absolute atomic E-state index is 1.08. The van der Waals surface area contributed by atoms with E-state index >= 15 is 0 Å². The van der Waals surface area contributed by atoms with Gasteiger partial charge in [-0.05, 0) is 12.8 Å². The number of likely N-dealkylation sites (N-methyl/N-ethyl adjacent to an activating group) is 2. The lowest BCUT2D eigenvalue weighted by atomic mass is 10.1. The summed E-state index contributed by atoms with van der Waals surface area (Å²) in [5.41, 5.74) is 0. The lowest BCUT2D eigenvalue weighted by molar-refractivity contribution is -0.948. The first-order valence-electron chi connectivity index (χ1n) is 12.9. The fraction of sp³-hybridized carbons (Fsp3) is 1.00. The van der Waals surface area contributed by atoms with Crippen molar-refractivity contribution in [2.75, 3.05) is 82.1 Å². The largest absolute Gasteiger partial charge is 0.331 e. The van der Waals surface area contributed by atoms with Crippen molar-refractivity contribution < 1.29 is 13.4 Å². The lowest BCUT2D eigenvalue weighted by Crippen LogP contribution is -2.52. The van der Waals surface area contributed by atoms with Crippen LogP contribution in [0.1, 0.15) is 90.4 Å². The van der Waals surface area contributed by atoms with Crippen molar-refractivity contribution >= 4 is 0 Å². The van der Waals surface area contributed by atoms with E-state index < -0.39 is 0 Å². The van der Waals surface area contributed by atoms with E-state index in [1.54, 1.807) is 0 Å². The minimum Gasteiger partial charge on any atom is -0.331 e. The Morgan fingerprint density at radius 3 is 1.07 bits per heavy atom. The van der Waals surface area contributed by atoms with Crippen LogP contribution in [-0.2, 0) is 0 Å². The molecule has 0 amide bonds. The number of nitrogens with zero attached hydrogens (tertiary/aromatic N) is 3. The van der Waals surface area contributed by atoms with Crippen LogP contribution in [0, 0.1) is 0 Å². The van der Waals surface area contributed by atoms with Gasteiger partial charge in [-0.25, -0.2) is 0 Å². The van der Waals surface area contributed by atoms with Gasteiger partial charge in [0.2, 0.25) is 0 Å². The van der Waals surface area contributed by atoms with Gasteiger partial charge < -0.3 is 13.4 Å². The second-order valence-corrected chi connectivity index (χ2v) is 12.0. The van der Waals surface area contributed by atoms with Crippen LogP contribution in [0.2, 0.25) is 0 Å². The van der Waals surface area contributed by atoms with Crippen molar-refractivity contribution in [1.82, 2.24) is 0 Å². The molecule has 0 heterocycles. The van der Waals surface area contributed by atoms with Gasteiger partial charge in [-0.15, -0.1) is 0 Å². The van der Waals surface area contributed by atoms with Crippen molar-refractivity contribution in [1.29, 1.82) is 0 Å². The summed E-state index contributed by atoms with van der Waals surface area (Å²) in [5.74, 6) is 0. The zero-order valence-electron chi connectivity index (χ0n) is 22.1. The molecule has 0 aliphatic carbocycles. The third-order valence-corrected chi connectivity index (χ3v) is 6.52. The molecule has 0 aromatic rings.